The van der Waals surface area contributed by atoms with E-state index in [4.69, 9.17) is 9.47 Å². The molecule has 1 heterocycles. The standard InChI is InChI=1S/C10H18N6O7S2/c1-15(2)25(20,21)16(3)24(18,19)14-10(17)13-9-11-7(22-4)6-8(12-9)23-5/h6H,1-5H3,(H2,11,12,13,14,17). The van der Waals surface area contributed by atoms with Crippen molar-refractivity contribution in [2.75, 3.05) is 40.7 Å². The number of carbonyl (C=O) groups is 1. The maximum absolute atomic E-state index is 12.0. The Labute approximate surface area is 145 Å². The third-order valence-corrected chi connectivity index (χ3v) is 6.52. The number of hydrogen-bond acceptors (Lipinski definition) is 9. The van der Waals surface area contributed by atoms with Gasteiger partial charge >= 0.3 is 16.2 Å². The molecule has 0 saturated heterocycles. The highest BCUT2D eigenvalue weighted by atomic mass is 32.3. The van der Waals surface area contributed by atoms with Gasteiger partial charge in [-0.15, -0.1) is 0 Å². The Hall–Kier alpha value is -2.23. The lowest BCUT2D eigenvalue weighted by molar-refractivity contribution is 0.256. The molecule has 0 aromatic carbocycles. The van der Waals surface area contributed by atoms with E-state index in [9.17, 15) is 21.6 Å². The van der Waals surface area contributed by atoms with Crippen LogP contribution in [0.5, 0.6) is 11.8 Å². The average molecular weight is 398 g/mol. The van der Waals surface area contributed by atoms with Crippen LogP contribution in [0.25, 0.3) is 0 Å². The molecule has 13 nitrogen and oxygen atoms in total. The van der Waals surface area contributed by atoms with E-state index in [0.29, 0.717) is 4.31 Å². The van der Waals surface area contributed by atoms with E-state index in [-0.39, 0.29) is 21.4 Å². The molecule has 0 bridgehead atoms. The number of methoxy groups -OCH3 is 2. The third-order valence-electron chi connectivity index (χ3n) is 2.67. The Balaban J connectivity index is 2.96. The van der Waals surface area contributed by atoms with Gasteiger partial charge in [-0.3, -0.25) is 5.32 Å². The summed E-state index contributed by atoms with van der Waals surface area (Å²) in [4.78, 5) is 19.4. The molecule has 0 unspecified atom stereocenters. The van der Waals surface area contributed by atoms with Crippen molar-refractivity contribution in [3.05, 3.63) is 6.07 Å². The molecule has 0 fully saturated rings. The zero-order valence-corrected chi connectivity index (χ0v) is 15.7. The van der Waals surface area contributed by atoms with Crippen molar-refractivity contribution >= 4 is 32.4 Å². The minimum atomic E-state index is -4.69. The summed E-state index contributed by atoms with van der Waals surface area (Å²) in [5.41, 5.74) is 0. The van der Waals surface area contributed by atoms with E-state index in [1.807, 2.05) is 5.32 Å². The zero-order valence-electron chi connectivity index (χ0n) is 14.0. The van der Waals surface area contributed by atoms with Crippen LogP contribution in [0.3, 0.4) is 0 Å². The van der Waals surface area contributed by atoms with Crippen LogP contribution >= 0.6 is 0 Å². The van der Waals surface area contributed by atoms with Gasteiger partial charge in [0.05, 0.1) is 20.3 Å². The first-order chi connectivity index (χ1) is 11.4. The number of ether oxygens (including phenoxy) is 2. The molecular weight excluding hydrogens is 380 g/mol. The van der Waals surface area contributed by atoms with Gasteiger partial charge in [0.25, 0.3) is 10.2 Å². The van der Waals surface area contributed by atoms with E-state index in [0.717, 1.165) is 21.1 Å². The van der Waals surface area contributed by atoms with Gasteiger partial charge in [-0.25, -0.2) is 9.52 Å². The van der Waals surface area contributed by atoms with Crippen LogP contribution in [0.2, 0.25) is 0 Å². The van der Waals surface area contributed by atoms with Crippen molar-refractivity contribution in [1.82, 2.24) is 22.7 Å². The van der Waals surface area contributed by atoms with E-state index in [1.165, 1.54) is 25.0 Å². The molecule has 0 atom stereocenters. The van der Waals surface area contributed by atoms with Crippen molar-refractivity contribution in [2.24, 2.45) is 0 Å². The summed E-state index contributed by atoms with van der Waals surface area (Å²) in [7, 11) is -3.32. The molecule has 1 aromatic heterocycles. The fourth-order valence-electron chi connectivity index (χ4n) is 1.33. The molecule has 2 N–H and O–H groups in total. The van der Waals surface area contributed by atoms with Crippen LogP contribution in [0, 0.1) is 0 Å². The van der Waals surface area contributed by atoms with E-state index >= 15 is 0 Å². The molecule has 25 heavy (non-hydrogen) atoms. The minimum absolute atomic E-state index is 0.00654. The molecule has 142 valence electrons. The fraction of sp³-hybridized carbons (Fsp3) is 0.500. The smallest absolute Gasteiger partial charge is 0.336 e. The minimum Gasteiger partial charge on any atom is -0.481 e. The maximum atomic E-state index is 12.0. The van der Waals surface area contributed by atoms with Crippen molar-refractivity contribution in [3.63, 3.8) is 0 Å². The molecule has 0 radical (unpaired) electrons. The van der Waals surface area contributed by atoms with Crippen molar-refractivity contribution < 1.29 is 31.1 Å². The first-order valence-corrected chi connectivity index (χ1v) is 9.25. The molecule has 0 saturated carbocycles. The quantitative estimate of drug-likeness (QED) is 0.563. The normalized spacial score (nSPS) is 12.1. The number of aromatic nitrogens is 2. The van der Waals surface area contributed by atoms with Crippen LogP contribution in [0.1, 0.15) is 0 Å². The van der Waals surface area contributed by atoms with Crippen LogP contribution in [0.15, 0.2) is 6.07 Å². The van der Waals surface area contributed by atoms with Crippen LogP contribution in [-0.2, 0) is 20.4 Å². The topological polar surface area (TPSA) is 160 Å². The fourth-order valence-corrected chi connectivity index (χ4v) is 3.71. The van der Waals surface area contributed by atoms with Crippen LogP contribution < -0.4 is 19.5 Å². The predicted molar refractivity (Wildman–Crippen MR) is 86.6 cm³/mol. The molecule has 1 rings (SSSR count). The highest BCUT2D eigenvalue weighted by Crippen LogP contribution is 2.17. The lowest BCUT2D eigenvalue weighted by Gasteiger charge is -2.21. The molecule has 15 heteroatoms. The number of hydrogen-bond donors (Lipinski definition) is 2. The first-order valence-electron chi connectivity index (χ1n) is 6.41. The first kappa shape index (κ1) is 20.8. The third kappa shape index (κ3) is 5.12. The number of nitrogens with one attached hydrogen (secondary N) is 2. The van der Waals surface area contributed by atoms with E-state index in [2.05, 4.69) is 9.97 Å². The van der Waals surface area contributed by atoms with Crippen molar-refractivity contribution in [1.29, 1.82) is 0 Å². The highest BCUT2D eigenvalue weighted by Gasteiger charge is 2.33. The number of rotatable bonds is 7. The molecule has 0 aliphatic rings. The lowest BCUT2D eigenvalue weighted by atomic mass is 10.6. The Morgan fingerprint density at radius 2 is 1.52 bits per heavy atom. The van der Waals surface area contributed by atoms with Gasteiger partial charge in [0.2, 0.25) is 17.7 Å². The summed E-state index contributed by atoms with van der Waals surface area (Å²) in [6.45, 7) is 0. The molecule has 0 spiro atoms. The van der Waals surface area contributed by atoms with Gasteiger partial charge in [-0.05, 0) is 0 Å². The summed E-state index contributed by atoms with van der Waals surface area (Å²) in [5.74, 6) is -0.211. The van der Waals surface area contributed by atoms with Gasteiger partial charge in [0.15, 0.2) is 0 Å². The zero-order chi connectivity index (χ0) is 19.4. The van der Waals surface area contributed by atoms with Gasteiger partial charge in [0.1, 0.15) is 0 Å². The number of urea groups is 1. The Bertz CT molecular complexity index is 817. The monoisotopic (exact) mass is 398 g/mol. The Morgan fingerprint density at radius 1 is 1.04 bits per heavy atom. The Morgan fingerprint density at radius 3 is 1.92 bits per heavy atom. The largest absolute Gasteiger partial charge is 0.481 e. The van der Waals surface area contributed by atoms with Gasteiger partial charge < -0.3 is 9.47 Å². The maximum Gasteiger partial charge on any atom is 0.336 e. The average Bonchev–Trinajstić information content (AvgIpc) is 2.52. The van der Waals surface area contributed by atoms with Crippen molar-refractivity contribution in [2.45, 2.75) is 0 Å². The van der Waals surface area contributed by atoms with Crippen LogP contribution in [0.4, 0.5) is 10.7 Å². The van der Waals surface area contributed by atoms with Gasteiger partial charge in [-0.1, -0.05) is 3.71 Å². The molecule has 1 aromatic rings. The lowest BCUT2D eigenvalue weighted by Crippen LogP contribution is -2.49. The van der Waals surface area contributed by atoms with Crippen molar-refractivity contribution in [3.8, 4) is 11.8 Å². The second kappa shape index (κ2) is 7.77. The summed E-state index contributed by atoms with van der Waals surface area (Å²) in [6.07, 6.45) is 0. The SMILES string of the molecule is COc1cc(OC)nc(NC(=O)NS(=O)(=O)N(C)S(=O)(=O)N(C)C)n1. The number of amides is 2. The van der Waals surface area contributed by atoms with E-state index in [1.54, 1.807) is 0 Å². The summed E-state index contributed by atoms with van der Waals surface area (Å²) < 4.78 is 59.6. The Kier molecular flexibility index (Phi) is 6.47. The second-order valence-electron chi connectivity index (χ2n) is 4.51. The highest BCUT2D eigenvalue weighted by molar-refractivity contribution is 8.02. The summed E-state index contributed by atoms with van der Waals surface area (Å²) >= 11 is 0. The second-order valence-corrected chi connectivity index (χ2v) is 8.61. The van der Waals surface area contributed by atoms with Crippen LogP contribution in [-0.4, -0.2) is 76.2 Å². The molecule has 0 aliphatic heterocycles. The van der Waals surface area contributed by atoms with E-state index < -0.39 is 26.4 Å². The summed E-state index contributed by atoms with van der Waals surface area (Å²) in [5, 5.41) is 2.04. The number of anilines is 1. The van der Waals surface area contributed by atoms with Gasteiger partial charge in [0, 0.05) is 21.1 Å². The molecule has 0 aliphatic carbocycles. The predicted octanol–water partition coefficient (Wildman–Crippen LogP) is -1.40. The number of nitrogens with zero attached hydrogens (tertiary/aromatic N) is 4. The summed E-state index contributed by atoms with van der Waals surface area (Å²) in [6, 6.07) is 0.0492. The molecule has 2 amide bonds. The number of carbonyl (C=O) groups excluding carboxylic acids is 1. The van der Waals surface area contributed by atoms with Gasteiger partial charge in [-0.2, -0.15) is 31.1 Å². The molecular formula is C10H18N6O7S2.